The molecular formula is C14H15ClN2O4. The molecule has 2 aromatic rings. The summed E-state index contributed by atoms with van der Waals surface area (Å²) in [4.78, 5) is 15.3. The molecule has 6 nitrogen and oxygen atoms in total. The molecule has 0 saturated heterocycles. The molecule has 1 heterocycles. The van der Waals surface area contributed by atoms with E-state index < -0.39 is 5.97 Å². The Bertz CT molecular complexity index is 640. The largest absolute Gasteiger partial charge is 0.485 e. The van der Waals surface area contributed by atoms with Crippen LogP contribution in [0.25, 0.3) is 0 Å². The number of aromatic nitrogens is 2. The van der Waals surface area contributed by atoms with Crippen molar-refractivity contribution in [1.82, 2.24) is 10.1 Å². The summed E-state index contributed by atoms with van der Waals surface area (Å²) < 4.78 is 10.5. The molecule has 112 valence electrons. The second-order valence-electron chi connectivity index (χ2n) is 4.94. The van der Waals surface area contributed by atoms with Gasteiger partial charge in [0.15, 0.2) is 6.61 Å². The summed E-state index contributed by atoms with van der Waals surface area (Å²) in [5.74, 6) is 0.390. The molecule has 0 bridgehead atoms. The van der Waals surface area contributed by atoms with E-state index in [4.69, 9.17) is 26.0 Å². The van der Waals surface area contributed by atoms with Gasteiger partial charge in [0.05, 0.1) is 0 Å². The third-order valence-electron chi connectivity index (χ3n) is 2.62. The molecule has 0 aliphatic carbocycles. The van der Waals surface area contributed by atoms with Crippen molar-refractivity contribution in [1.29, 1.82) is 0 Å². The number of carbonyl (C=O) groups is 1. The van der Waals surface area contributed by atoms with Gasteiger partial charge in [-0.1, -0.05) is 30.6 Å². The fraction of sp³-hybridized carbons (Fsp3) is 0.357. The highest BCUT2D eigenvalue weighted by atomic mass is 35.5. The van der Waals surface area contributed by atoms with Crippen molar-refractivity contribution in [3.05, 3.63) is 40.5 Å². The molecule has 0 aliphatic rings. The van der Waals surface area contributed by atoms with Crippen LogP contribution in [0.4, 0.5) is 0 Å². The van der Waals surface area contributed by atoms with Crippen LogP contribution in [0.1, 0.15) is 35.9 Å². The molecule has 0 radical (unpaired) electrons. The number of halogens is 1. The highest BCUT2D eigenvalue weighted by Gasteiger charge is 2.14. The van der Waals surface area contributed by atoms with Gasteiger partial charge in [-0.3, -0.25) is 0 Å². The molecule has 1 aromatic carbocycles. The average Bonchev–Trinajstić information content (AvgIpc) is 2.82. The number of hydrogen-bond donors (Lipinski definition) is 1. The summed E-state index contributed by atoms with van der Waals surface area (Å²) in [5, 5.41) is 13.3. The van der Waals surface area contributed by atoms with Gasteiger partial charge in [0, 0.05) is 11.4 Å². The minimum absolute atomic E-state index is 0.0161. The Hall–Kier alpha value is -2.08. The van der Waals surface area contributed by atoms with Crippen LogP contribution in [0.15, 0.2) is 22.7 Å². The molecule has 0 fully saturated rings. The Morgan fingerprint density at radius 3 is 2.90 bits per heavy atom. The lowest BCUT2D eigenvalue weighted by Gasteiger charge is -2.07. The summed E-state index contributed by atoms with van der Waals surface area (Å²) in [7, 11) is 0. The van der Waals surface area contributed by atoms with Crippen LogP contribution in [0.5, 0.6) is 5.75 Å². The first-order valence-electron chi connectivity index (χ1n) is 6.43. The molecule has 0 unspecified atom stereocenters. The Morgan fingerprint density at radius 2 is 2.24 bits per heavy atom. The fourth-order valence-electron chi connectivity index (χ4n) is 1.72. The van der Waals surface area contributed by atoms with E-state index in [0.29, 0.717) is 29.1 Å². The van der Waals surface area contributed by atoms with Crippen molar-refractivity contribution in [2.45, 2.75) is 26.9 Å². The van der Waals surface area contributed by atoms with Gasteiger partial charge in [0.2, 0.25) is 11.7 Å². The van der Waals surface area contributed by atoms with Crippen LogP contribution in [0, 0.1) is 5.92 Å². The fourth-order valence-corrected chi connectivity index (χ4v) is 1.88. The summed E-state index contributed by atoms with van der Waals surface area (Å²) in [6.07, 6.45) is 0.685. The Labute approximate surface area is 126 Å². The number of rotatable bonds is 6. The summed E-state index contributed by atoms with van der Waals surface area (Å²) >= 11 is 5.84. The first-order valence-corrected chi connectivity index (χ1v) is 6.80. The van der Waals surface area contributed by atoms with Gasteiger partial charge < -0.3 is 14.4 Å². The van der Waals surface area contributed by atoms with E-state index in [1.165, 1.54) is 18.2 Å². The maximum atomic E-state index is 11.1. The number of hydrogen-bond acceptors (Lipinski definition) is 5. The second-order valence-corrected chi connectivity index (χ2v) is 5.37. The number of benzene rings is 1. The zero-order valence-corrected chi connectivity index (χ0v) is 12.4. The topological polar surface area (TPSA) is 85.5 Å². The predicted octanol–water partition coefficient (Wildman–Crippen LogP) is 3.20. The molecule has 0 atom stereocenters. The third-order valence-corrected chi connectivity index (χ3v) is 2.86. The lowest BCUT2D eigenvalue weighted by Crippen LogP contribution is -2.04. The average molecular weight is 311 g/mol. The summed E-state index contributed by atoms with van der Waals surface area (Å²) in [6.45, 7) is 4.11. The zero-order valence-electron chi connectivity index (χ0n) is 11.7. The van der Waals surface area contributed by atoms with Crippen molar-refractivity contribution in [2.24, 2.45) is 5.92 Å². The molecule has 1 N–H and O–H groups in total. The molecule has 0 amide bonds. The first kappa shape index (κ1) is 15.3. The zero-order chi connectivity index (χ0) is 15.4. The number of carboxylic acid groups (broad SMARTS) is 1. The van der Waals surface area contributed by atoms with E-state index in [9.17, 15) is 4.79 Å². The maximum Gasteiger partial charge on any atom is 0.339 e. The van der Waals surface area contributed by atoms with Crippen LogP contribution in [0.2, 0.25) is 5.02 Å². The number of carboxylic acids is 1. The van der Waals surface area contributed by atoms with Gasteiger partial charge >= 0.3 is 5.97 Å². The Kier molecular flexibility index (Phi) is 4.80. The first-order chi connectivity index (χ1) is 9.95. The molecule has 0 aliphatic heterocycles. The van der Waals surface area contributed by atoms with Crippen molar-refractivity contribution >= 4 is 17.6 Å². The lowest BCUT2D eigenvalue weighted by atomic mass is 10.1. The van der Waals surface area contributed by atoms with Gasteiger partial charge in [0.1, 0.15) is 11.3 Å². The molecule has 2 rings (SSSR count). The number of ether oxygens (including phenoxy) is 1. The van der Waals surface area contributed by atoms with E-state index in [0.717, 1.165) is 0 Å². The van der Waals surface area contributed by atoms with E-state index in [1.807, 2.05) is 13.8 Å². The molecule has 0 spiro atoms. The highest BCUT2D eigenvalue weighted by Crippen LogP contribution is 2.24. The van der Waals surface area contributed by atoms with Crippen molar-refractivity contribution < 1.29 is 19.2 Å². The number of nitrogens with zero attached hydrogens (tertiary/aromatic N) is 2. The van der Waals surface area contributed by atoms with Gasteiger partial charge in [-0.15, -0.1) is 0 Å². The van der Waals surface area contributed by atoms with Crippen molar-refractivity contribution in [3.63, 3.8) is 0 Å². The smallest absolute Gasteiger partial charge is 0.339 e. The summed E-state index contributed by atoms with van der Waals surface area (Å²) in [5.41, 5.74) is 0.0327. The van der Waals surface area contributed by atoms with Crippen molar-refractivity contribution in [3.8, 4) is 5.75 Å². The van der Waals surface area contributed by atoms with Gasteiger partial charge in [0.25, 0.3) is 0 Å². The van der Waals surface area contributed by atoms with Crippen LogP contribution in [-0.2, 0) is 13.0 Å². The highest BCUT2D eigenvalue weighted by molar-refractivity contribution is 6.30. The standard InChI is InChI=1S/C14H15ClN2O4/c1-8(2)5-13-16-12(17-21-13)7-20-11-6-9(15)3-4-10(11)14(18)19/h3-4,6,8H,5,7H2,1-2H3,(H,18,19). The SMILES string of the molecule is CC(C)Cc1nc(COc2cc(Cl)ccc2C(=O)O)no1. The van der Waals surface area contributed by atoms with Gasteiger partial charge in [-0.25, -0.2) is 4.79 Å². The van der Waals surface area contributed by atoms with Crippen molar-refractivity contribution in [2.75, 3.05) is 0 Å². The van der Waals surface area contributed by atoms with Crippen LogP contribution < -0.4 is 4.74 Å². The molecule has 21 heavy (non-hydrogen) atoms. The van der Waals surface area contributed by atoms with E-state index in [2.05, 4.69) is 10.1 Å². The molecule has 0 saturated carbocycles. The Balaban J connectivity index is 2.07. The predicted molar refractivity (Wildman–Crippen MR) is 75.6 cm³/mol. The minimum atomic E-state index is -1.09. The molecule has 7 heteroatoms. The lowest BCUT2D eigenvalue weighted by molar-refractivity contribution is 0.0691. The third kappa shape index (κ3) is 4.19. The molecular weight excluding hydrogens is 296 g/mol. The molecule has 1 aromatic heterocycles. The van der Waals surface area contributed by atoms with Crippen LogP contribution in [-0.4, -0.2) is 21.2 Å². The van der Waals surface area contributed by atoms with E-state index in [-0.39, 0.29) is 17.9 Å². The second kappa shape index (κ2) is 6.58. The normalized spacial score (nSPS) is 10.9. The van der Waals surface area contributed by atoms with Crippen LogP contribution >= 0.6 is 11.6 Å². The quantitative estimate of drug-likeness (QED) is 0.881. The van der Waals surface area contributed by atoms with E-state index in [1.54, 1.807) is 0 Å². The number of aromatic carboxylic acids is 1. The maximum absolute atomic E-state index is 11.1. The van der Waals surface area contributed by atoms with Gasteiger partial charge in [-0.2, -0.15) is 4.98 Å². The summed E-state index contributed by atoms with van der Waals surface area (Å²) in [6, 6.07) is 4.33. The Morgan fingerprint density at radius 1 is 1.48 bits per heavy atom. The van der Waals surface area contributed by atoms with E-state index >= 15 is 0 Å². The minimum Gasteiger partial charge on any atom is -0.485 e. The monoisotopic (exact) mass is 310 g/mol. The van der Waals surface area contributed by atoms with Gasteiger partial charge in [-0.05, 0) is 24.1 Å². The van der Waals surface area contributed by atoms with Crippen LogP contribution in [0.3, 0.4) is 0 Å².